The van der Waals surface area contributed by atoms with Crippen LogP contribution >= 0.6 is 0 Å². The zero-order chi connectivity index (χ0) is 21.8. The van der Waals surface area contributed by atoms with Crippen LogP contribution in [0, 0.1) is 58.2 Å². The van der Waals surface area contributed by atoms with Gasteiger partial charge in [0.2, 0.25) is 0 Å². The van der Waals surface area contributed by atoms with Crippen molar-refractivity contribution in [2.75, 3.05) is 0 Å². The molecule has 0 aromatic rings. The van der Waals surface area contributed by atoms with Gasteiger partial charge in [0.05, 0.1) is 12.2 Å². The SMILES string of the molecule is CC(C)[C@H](O)CCC(C)[C@H]1CCC2C3C(CC[C@@]21C)[C@@]1(C)CC[C@H](C)C[C@@H]1C[C@H]3O. The molecule has 0 heterocycles. The van der Waals surface area contributed by atoms with E-state index in [9.17, 15) is 10.2 Å². The number of rotatable bonds is 5. The standard InChI is InChI=1S/C28H50O2/c1-17(2)24(29)10-7-19(4)21-8-9-22-26-23(12-14-28(21,22)6)27(5)13-11-18(3)15-20(27)16-25(26)30/h17-26,29-30H,7-16H2,1-6H3/t18-,19?,20+,21+,22?,23?,24+,25+,26?,27-,28+/m0/s1. The van der Waals surface area contributed by atoms with Crippen LogP contribution in [-0.2, 0) is 0 Å². The average Bonchev–Trinajstić information content (AvgIpc) is 3.04. The molecule has 0 saturated heterocycles. The molecule has 4 aliphatic carbocycles. The van der Waals surface area contributed by atoms with Crippen molar-refractivity contribution >= 4 is 0 Å². The van der Waals surface area contributed by atoms with Gasteiger partial charge in [0.1, 0.15) is 0 Å². The third-order valence-electron chi connectivity index (χ3n) is 11.4. The Morgan fingerprint density at radius 3 is 2.23 bits per heavy atom. The van der Waals surface area contributed by atoms with E-state index < -0.39 is 0 Å². The number of hydrogen-bond donors (Lipinski definition) is 2. The van der Waals surface area contributed by atoms with Gasteiger partial charge in [-0.25, -0.2) is 0 Å². The Labute approximate surface area is 186 Å². The molecule has 0 spiro atoms. The lowest BCUT2D eigenvalue weighted by Crippen LogP contribution is -2.58. The minimum Gasteiger partial charge on any atom is -0.393 e. The maximum Gasteiger partial charge on any atom is 0.0577 e. The predicted molar refractivity (Wildman–Crippen MR) is 125 cm³/mol. The highest BCUT2D eigenvalue weighted by atomic mass is 16.3. The minimum absolute atomic E-state index is 0.0696. The summed E-state index contributed by atoms with van der Waals surface area (Å²) >= 11 is 0. The first kappa shape index (κ1) is 23.1. The molecule has 0 bridgehead atoms. The fourth-order valence-corrected chi connectivity index (χ4v) is 9.38. The topological polar surface area (TPSA) is 40.5 Å². The maximum atomic E-state index is 11.4. The third-order valence-corrected chi connectivity index (χ3v) is 11.4. The molecule has 0 radical (unpaired) electrons. The fourth-order valence-electron chi connectivity index (χ4n) is 9.38. The van der Waals surface area contributed by atoms with Crippen LogP contribution < -0.4 is 0 Å². The molecule has 4 unspecified atom stereocenters. The lowest BCUT2D eigenvalue weighted by molar-refractivity contribution is -0.168. The number of hydrogen-bond acceptors (Lipinski definition) is 2. The summed E-state index contributed by atoms with van der Waals surface area (Å²) in [5.74, 6) is 5.41. The summed E-state index contributed by atoms with van der Waals surface area (Å²) in [4.78, 5) is 0. The van der Waals surface area contributed by atoms with Crippen LogP contribution in [0.1, 0.15) is 106 Å². The van der Waals surface area contributed by atoms with Crippen molar-refractivity contribution < 1.29 is 10.2 Å². The van der Waals surface area contributed by atoms with Crippen molar-refractivity contribution in [1.29, 1.82) is 0 Å². The molecular formula is C28H50O2. The lowest BCUT2D eigenvalue weighted by Gasteiger charge is -2.62. The molecule has 4 saturated carbocycles. The number of fused-ring (bicyclic) bond motifs is 5. The monoisotopic (exact) mass is 418 g/mol. The first-order chi connectivity index (χ1) is 14.1. The van der Waals surface area contributed by atoms with E-state index in [1.54, 1.807) is 0 Å². The second-order valence-electron chi connectivity index (χ2n) is 13.3. The average molecular weight is 419 g/mol. The maximum absolute atomic E-state index is 11.4. The van der Waals surface area contributed by atoms with E-state index in [4.69, 9.17) is 0 Å². The highest BCUT2D eigenvalue weighted by Gasteiger charge is 2.62. The summed E-state index contributed by atoms with van der Waals surface area (Å²) in [6.07, 6.45) is 12.4. The minimum atomic E-state index is -0.154. The van der Waals surface area contributed by atoms with Crippen LogP contribution in [-0.4, -0.2) is 22.4 Å². The van der Waals surface area contributed by atoms with Gasteiger partial charge < -0.3 is 10.2 Å². The van der Waals surface area contributed by atoms with Gasteiger partial charge in [-0.1, -0.05) is 48.0 Å². The van der Waals surface area contributed by atoms with Gasteiger partial charge in [-0.3, -0.25) is 0 Å². The zero-order valence-electron chi connectivity index (χ0n) is 20.7. The highest BCUT2D eigenvalue weighted by Crippen LogP contribution is 2.68. The lowest BCUT2D eigenvalue weighted by atomic mass is 9.43. The molecular weight excluding hydrogens is 368 g/mol. The van der Waals surface area contributed by atoms with Gasteiger partial charge in [0, 0.05) is 0 Å². The highest BCUT2D eigenvalue weighted by molar-refractivity contribution is 5.11. The molecule has 2 N–H and O–H groups in total. The Morgan fingerprint density at radius 2 is 1.53 bits per heavy atom. The van der Waals surface area contributed by atoms with Crippen molar-refractivity contribution in [2.24, 2.45) is 58.2 Å². The fraction of sp³-hybridized carbons (Fsp3) is 1.00. The van der Waals surface area contributed by atoms with Crippen molar-refractivity contribution in [1.82, 2.24) is 0 Å². The molecule has 174 valence electrons. The predicted octanol–water partition coefficient (Wildman–Crippen LogP) is 6.69. The Hall–Kier alpha value is -0.0800. The molecule has 4 aliphatic rings. The molecule has 0 aromatic heterocycles. The van der Waals surface area contributed by atoms with Gasteiger partial charge in [0.25, 0.3) is 0 Å². The molecule has 2 nitrogen and oxygen atoms in total. The molecule has 0 amide bonds. The summed E-state index contributed by atoms with van der Waals surface area (Å²) in [6.45, 7) is 14.3. The Bertz CT molecular complexity index is 601. The molecule has 2 heteroatoms. The molecule has 4 rings (SSSR count). The molecule has 30 heavy (non-hydrogen) atoms. The molecule has 11 atom stereocenters. The molecule has 0 aromatic carbocycles. The van der Waals surface area contributed by atoms with E-state index in [1.165, 1.54) is 44.9 Å². The summed E-state index contributed by atoms with van der Waals surface area (Å²) in [5, 5.41) is 21.8. The van der Waals surface area contributed by atoms with Gasteiger partial charge in [-0.2, -0.15) is 0 Å². The van der Waals surface area contributed by atoms with Crippen LogP contribution in [0.4, 0.5) is 0 Å². The second-order valence-corrected chi connectivity index (χ2v) is 13.3. The van der Waals surface area contributed by atoms with Crippen LogP contribution in [0.3, 0.4) is 0 Å². The van der Waals surface area contributed by atoms with Gasteiger partial charge in [-0.15, -0.1) is 0 Å². The van der Waals surface area contributed by atoms with Crippen molar-refractivity contribution in [3.05, 3.63) is 0 Å². The quantitative estimate of drug-likeness (QED) is 0.522. The largest absolute Gasteiger partial charge is 0.393 e. The van der Waals surface area contributed by atoms with Crippen LogP contribution in [0.2, 0.25) is 0 Å². The third kappa shape index (κ3) is 3.70. The van der Waals surface area contributed by atoms with E-state index in [0.717, 1.165) is 42.9 Å². The van der Waals surface area contributed by atoms with Gasteiger partial charge in [-0.05, 0) is 116 Å². The molecule has 4 fully saturated rings. The summed E-state index contributed by atoms with van der Waals surface area (Å²) in [7, 11) is 0. The van der Waals surface area contributed by atoms with Gasteiger partial charge >= 0.3 is 0 Å². The number of aliphatic hydroxyl groups excluding tert-OH is 2. The summed E-state index contributed by atoms with van der Waals surface area (Å²) < 4.78 is 0. The zero-order valence-corrected chi connectivity index (χ0v) is 20.7. The van der Waals surface area contributed by atoms with Gasteiger partial charge in [0.15, 0.2) is 0 Å². The first-order valence-electron chi connectivity index (χ1n) is 13.4. The van der Waals surface area contributed by atoms with E-state index in [2.05, 4.69) is 41.5 Å². The number of aliphatic hydroxyl groups is 2. The molecule has 0 aliphatic heterocycles. The van der Waals surface area contributed by atoms with Crippen LogP contribution in [0.25, 0.3) is 0 Å². The summed E-state index contributed by atoms with van der Waals surface area (Å²) in [5.41, 5.74) is 0.873. The van der Waals surface area contributed by atoms with Crippen molar-refractivity contribution in [3.63, 3.8) is 0 Å². The Balaban J connectivity index is 1.50. The normalized spacial score (nSPS) is 50.5. The van der Waals surface area contributed by atoms with Crippen LogP contribution in [0.15, 0.2) is 0 Å². The Kier molecular flexibility index (Phi) is 6.44. The van der Waals surface area contributed by atoms with E-state index in [1.807, 2.05) is 0 Å². The van der Waals surface area contributed by atoms with E-state index in [0.29, 0.717) is 34.5 Å². The Morgan fingerprint density at radius 1 is 0.867 bits per heavy atom. The van der Waals surface area contributed by atoms with Crippen molar-refractivity contribution in [2.45, 2.75) is 118 Å². The van der Waals surface area contributed by atoms with E-state index in [-0.39, 0.29) is 12.2 Å². The van der Waals surface area contributed by atoms with Crippen LogP contribution in [0.5, 0.6) is 0 Å². The smallest absolute Gasteiger partial charge is 0.0577 e. The second kappa shape index (κ2) is 8.36. The summed E-state index contributed by atoms with van der Waals surface area (Å²) in [6, 6.07) is 0. The van der Waals surface area contributed by atoms with E-state index >= 15 is 0 Å². The first-order valence-corrected chi connectivity index (χ1v) is 13.4. The van der Waals surface area contributed by atoms with Crippen molar-refractivity contribution in [3.8, 4) is 0 Å².